The Morgan fingerprint density at radius 2 is 2.06 bits per heavy atom. The Balaban J connectivity index is 1.80. The monoisotopic (exact) mass is 235 g/mol. The van der Waals surface area contributed by atoms with Gasteiger partial charge >= 0.3 is 0 Å². The lowest BCUT2D eigenvalue weighted by Crippen LogP contribution is -2.38. The van der Waals surface area contributed by atoms with E-state index in [2.05, 4.69) is 15.3 Å². The molecule has 0 unspecified atom stereocenters. The van der Waals surface area contributed by atoms with E-state index in [-0.39, 0.29) is 5.41 Å². The lowest BCUT2D eigenvalue weighted by atomic mass is 9.74. The van der Waals surface area contributed by atoms with E-state index in [1.165, 1.54) is 19.3 Å². The summed E-state index contributed by atoms with van der Waals surface area (Å²) < 4.78 is 0. The fourth-order valence-electron chi connectivity index (χ4n) is 2.57. The summed E-state index contributed by atoms with van der Waals surface area (Å²) in [7, 11) is 0. The molecule has 1 aromatic heterocycles. The highest BCUT2D eigenvalue weighted by Gasteiger charge is 2.30. The van der Waals surface area contributed by atoms with Crippen molar-refractivity contribution < 1.29 is 5.11 Å². The first-order valence-corrected chi connectivity index (χ1v) is 6.41. The Hall–Kier alpha value is -1.00. The molecule has 1 heterocycles. The minimum absolute atomic E-state index is 0.0977. The zero-order valence-corrected chi connectivity index (χ0v) is 10.2. The van der Waals surface area contributed by atoms with Crippen LogP contribution in [0.5, 0.6) is 0 Å². The number of hydrogen-bond donors (Lipinski definition) is 2. The third-order valence-electron chi connectivity index (χ3n) is 3.67. The summed E-state index contributed by atoms with van der Waals surface area (Å²) in [6.45, 7) is 1.90. The van der Waals surface area contributed by atoms with Gasteiger partial charge in [0.1, 0.15) is 0 Å². The lowest BCUT2D eigenvalue weighted by Gasteiger charge is -2.35. The Morgan fingerprint density at radius 3 is 2.71 bits per heavy atom. The molecular formula is C13H21N3O. The number of rotatable bonds is 5. The molecule has 4 nitrogen and oxygen atoms in total. The average molecular weight is 235 g/mol. The summed E-state index contributed by atoms with van der Waals surface area (Å²) in [5.41, 5.74) is 1.05. The highest BCUT2D eigenvalue weighted by molar-refractivity contribution is 4.94. The van der Waals surface area contributed by atoms with E-state index in [0.717, 1.165) is 31.6 Å². The molecule has 0 aromatic carbocycles. The molecule has 0 atom stereocenters. The van der Waals surface area contributed by atoms with Gasteiger partial charge in [-0.2, -0.15) is 0 Å². The number of aromatic nitrogens is 2. The fourth-order valence-corrected chi connectivity index (χ4v) is 2.57. The molecular weight excluding hydrogens is 214 g/mol. The van der Waals surface area contributed by atoms with Crippen molar-refractivity contribution in [2.45, 2.75) is 38.6 Å². The van der Waals surface area contributed by atoms with E-state index >= 15 is 0 Å². The van der Waals surface area contributed by atoms with Crippen LogP contribution in [0.3, 0.4) is 0 Å². The third-order valence-corrected chi connectivity index (χ3v) is 3.67. The second-order valence-electron chi connectivity index (χ2n) is 5.02. The number of nitrogens with zero attached hydrogens (tertiary/aromatic N) is 2. The van der Waals surface area contributed by atoms with Gasteiger partial charge < -0.3 is 10.4 Å². The third kappa shape index (κ3) is 3.48. The molecule has 1 fully saturated rings. The first-order chi connectivity index (χ1) is 8.35. The van der Waals surface area contributed by atoms with Crippen molar-refractivity contribution >= 4 is 0 Å². The first kappa shape index (κ1) is 12.5. The van der Waals surface area contributed by atoms with E-state index in [1.54, 1.807) is 18.6 Å². The zero-order valence-electron chi connectivity index (χ0n) is 10.2. The maximum atomic E-state index is 9.57. The second kappa shape index (κ2) is 6.07. The van der Waals surface area contributed by atoms with Crippen molar-refractivity contribution in [1.29, 1.82) is 0 Å². The van der Waals surface area contributed by atoms with Crippen molar-refractivity contribution in [3.63, 3.8) is 0 Å². The molecule has 1 aromatic rings. The molecule has 1 saturated carbocycles. The predicted octanol–water partition coefficient (Wildman–Crippen LogP) is 1.51. The molecule has 0 saturated heterocycles. The fraction of sp³-hybridized carbons (Fsp3) is 0.692. The molecule has 94 valence electrons. The van der Waals surface area contributed by atoms with Crippen molar-refractivity contribution in [3.8, 4) is 0 Å². The van der Waals surface area contributed by atoms with E-state index in [4.69, 9.17) is 0 Å². The van der Waals surface area contributed by atoms with Crippen molar-refractivity contribution in [2.24, 2.45) is 5.41 Å². The minimum atomic E-state index is 0.0977. The summed E-state index contributed by atoms with van der Waals surface area (Å²) in [4.78, 5) is 8.26. The van der Waals surface area contributed by atoms with Crippen LogP contribution < -0.4 is 5.32 Å². The molecule has 0 bridgehead atoms. The Morgan fingerprint density at radius 1 is 1.24 bits per heavy atom. The van der Waals surface area contributed by atoms with Crippen LogP contribution in [0.15, 0.2) is 18.6 Å². The maximum Gasteiger partial charge on any atom is 0.0724 e. The molecule has 4 heteroatoms. The molecule has 0 aliphatic heterocycles. The van der Waals surface area contributed by atoms with Gasteiger partial charge in [0.25, 0.3) is 0 Å². The van der Waals surface area contributed by atoms with Gasteiger partial charge in [-0.15, -0.1) is 0 Å². The smallest absolute Gasteiger partial charge is 0.0724 e. The van der Waals surface area contributed by atoms with E-state index < -0.39 is 0 Å². The normalized spacial score (nSPS) is 19.1. The van der Waals surface area contributed by atoms with E-state index in [0.29, 0.717) is 6.61 Å². The summed E-state index contributed by atoms with van der Waals surface area (Å²) in [6.07, 6.45) is 11.2. The van der Waals surface area contributed by atoms with Crippen LogP contribution in [0, 0.1) is 5.41 Å². The van der Waals surface area contributed by atoms with Crippen LogP contribution in [0.2, 0.25) is 0 Å². The van der Waals surface area contributed by atoms with Gasteiger partial charge in [0.05, 0.1) is 5.69 Å². The SMILES string of the molecule is OCC1(CNCc2cnccn2)CCCCC1. The van der Waals surface area contributed by atoms with Crippen molar-refractivity contribution in [3.05, 3.63) is 24.3 Å². The molecule has 17 heavy (non-hydrogen) atoms. The van der Waals surface area contributed by atoms with Crippen molar-refractivity contribution in [1.82, 2.24) is 15.3 Å². The molecule has 1 aliphatic carbocycles. The Kier molecular flexibility index (Phi) is 4.45. The van der Waals surface area contributed by atoms with Gasteiger partial charge in [-0.1, -0.05) is 19.3 Å². The highest BCUT2D eigenvalue weighted by Crippen LogP contribution is 2.35. The van der Waals surface area contributed by atoms with Crippen LogP contribution in [0.1, 0.15) is 37.8 Å². The number of aliphatic hydroxyl groups is 1. The van der Waals surface area contributed by atoms with Crippen LogP contribution in [0.4, 0.5) is 0 Å². The standard InChI is InChI=1S/C13H21N3O/c17-11-13(4-2-1-3-5-13)10-15-9-12-8-14-6-7-16-12/h6-8,15,17H,1-5,9-11H2. The summed E-state index contributed by atoms with van der Waals surface area (Å²) in [5, 5.41) is 13.0. The highest BCUT2D eigenvalue weighted by atomic mass is 16.3. The Labute approximate surface area is 102 Å². The van der Waals surface area contributed by atoms with Gasteiger partial charge in [0, 0.05) is 43.7 Å². The van der Waals surface area contributed by atoms with Crippen LogP contribution in [-0.4, -0.2) is 28.2 Å². The molecule has 2 N–H and O–H groups in total. The maximum absolute atomic E-state index is 9.57. The van der Waals surface area contributed by atoms with Gasteiger partial charge in [0.2, 0.25) is 0 Å². The average Bonchev–Trinajstić information content (AvgIpc) is 2.41. The van der Waals surface area contributed by atoms with Gasteiger partial charge in [0.15, 0.2) is 0 Å². The largest absolute Gasteiger partial charge is 0.396 e. The molecule has 0 spiro atoms. The number of nitrogens with one attached hydrogen (secondary N) is 1. The summed E-state index contributed by atoms with van der Waals surface area (Å²) >= 11 is 0. The summed E-state index contributed by atoms with van der Waals surface area (Å²) in [6, 6.07) is 0. The Bertz CT molecular complexity index is 323. The van der Waals surface area contributed by atoms with E-state index in [1.807, 2.05) is 0 Å². The zero-order chi connectivity index (χ0) is 12.0. The molecule has 0 amide bonds. The van der Waals surface area contributed by atoms with Crippen LogP contribution >= 0.6 is 0 Å². The van der Waals surface area contributed by atoms with Crippen LogP contribution in [-0.2, 0) is 6.54 Å². The quantitative estimate of drug-likeness (QED) is 0.812. The van der Waals surface area contributed by atoms with E-state index in [9.17, 15) is 5.11 Å². The number of hydrogen-bond acceptors (Lipinski definition) is 4. The topological polar surface area (TPSA) is 58.0 Å². The summed E-state index contributed by atoms with van der Waals surface area (Å²) in [5.74, 6) is 0. The van der Waals surface area contributed by atoms with Gasteiger partial charge in [-0.25, -0.2) is 0 Å². The lowest BCUT2D eigenvalue weighted by molar-refractivity contribution is 0.0809. The molecule has 1 aliphatic rings. The van der Waals surface area contributed by atoms with Crippen LogP contribution in [0.25, 0.3) is 0 Å². The predicted molar refractivity (Wildman–Crippen MR) is 66.3 cm³/mol. The first-order valence-electron chi connectivity index (χ1n) is 6.41. The second-order valence-corrected chi connectivity index (χ2v) is 5.02. The molecule has 2 rings (SSSR count). The van der Waals surface area contributed by atoms with Crippen molar-refractivity contribution in [2.75, 3.05) is 13.2 Å². The molecule has 0 radical (unpaired) electrons. The van der Waals surface area contributed by atoms with Gasteiger partial charge in [-0.3, -0.25) is 9.97 Å². The van der Waals surface area contributed by atoms with Gasteiger partial charge in [-0.05, 0) is 12.8 Å². The number of aliphatic hydroxyl groups excluding tert-OH is 1. The minimum Gasteiger partial charge on any atom is -0.396 e.